The zero-order valence-corrected chi connectivity index (χ0v) is 13.9. The lowest BCUT2D eigenvalue weighted by molar-refractivity contribution is -0.138. The summed E-state index contributed by atoms with van der Waals surface area (Å²) in [5.74, 6) is 1.21. The van der Waals surface area contributed by atoms with E-state index < -0.39 is 0 Å². The monoisotopic (exact) mass is 295 g/mol. The van der Waals surface area contributed by atoms with E-state index in [1.54, 1.807) is 0 Å². The van der Waals surface area contributed by atoms with Crippen LogP contribution in [-0.2, 0) is 4.79 Å². The van der Waals surface area contributed by atoms with E-state index in [1.807, 2.05) is 0 Å². The van der Waals surface area contributed by atoms with Crippen molar-refractivity contribution in [2.45, 2.75) is 44.3 Å². The second-order valence-corrected chi connectivity index (χ2v) is 14.5. The Kier molecular flexibility index (Phi) is 5.01. The maximum absolute atomic E-state index is 11.9. The molecule has 2 aliphatic rings. The van der Waals surface area contributed by atoms with Crippen LogP contribution in [0.1, 0.15) is 32.6 Å². The molecule has 0 bridgehead atoms. The second-order valence-electron chi connectivity index (χ2n) is 4.91. The summed E-state index contributed by atoms with van der Waals surface area (Å²) >= 11 is 0. The SMILES string of the molecule is C[C@H]1CC2CCCC(=O)N2C[C@@H]1P(P)PP. The Bertz CT molecular complexity index is 276. The molecular formula is C10H21NOP4. The summed E-state index contributed by atoms with van der Waals surface area (Å²) < 4.78 is 0. The van der Waals surface area contributed by atoms with E-state index in [9.17, 15) is 4.79 Å². The van der Waals surface area contributed by atoms with Crippen LogP contribution in [0, 0.1) is 5.92 Å². The van der Waals surface area contributed by atoms with Crippen molar-refractivity contribution in [2.24, 2.45) is 5.92 Å². The summed E-state index contributed by atoms with van der Waals surface area (Å²) in [6.45, 7) is 3.41. The molecule has 1 amide bonds. The first-order valence-corrected chi connectivity index (χ1v) is 12.6. The fourth-order valence-electron chi connectivity index (χ4n) is 2.91. The number of nitrogens with zero attached hydrogens (tertiary/aromatic N) is 1. The lowest BCUT2D eigenvalue weighted by Gasteiger charge is -2.47. The van der Waals surface area contributed by atoms with E-state index >= 15 is 0 Å². The average molecular weight is 295 g/mol. The quantitative estimate of drug-likeness (QED) is 0.715. The Balaban J connectivity index is 2.07. The highest BCUT2D eigenvalue weighted by molar-refractivity contribution is 8.61. The summed E-state index contributed by atoms with van der Waals surface area (Å²) in [6.07, 6.45) is 4.37. The smallest absolute Gasteiger partial charge is 0.222 e. The van der Waals surface area contributed by atoms with Crippen molar-refractivity contribution in [1.29, 1.82) is 0 Å². The van der Waals surface area contributed by atoms with E-state index in [0.29, 0.717) is 11.9 Å². The van der Waals surface area contributed by atoms with Crippen molar-refractivity contribution in [3.63, 3.8) is 0 Å². The van der Waals surface area contributed by atoms with E-state index in [0.717, 1.165) is 38.9 Å². The van der Waals surface area contributed by atoms with Crippen molar-refractivity contribution in [3.8, 4) is 0 Å². The number of hydrogen-bond acceptors (Lipinski definition) is 1. The Morgan fingerprint density at radius 1 is 1.56 bits per heavy atom. The number of amides is 1. The Morgan fingerprint density at radius 3 is 3.00 bits per heavy atom. The van der Waals surface area contributed by atoms with Crippen molar-refractivity contribution in [2.75, 3.05) is 6.54 Å². The van der Waals surface area contributed by atoms with Gasteiger partial charge in [-0.3, -0.25) is 4.79 Å². The van der Waals surface area contributed by atoms with Gasteiger partial charge in [-0.1, -0.05) is 22.2 Å². The topological polar surface area (TPSA) is 20.3 Å². The molecular weight excluding hydrogens is 274 g/mol. The first-order chi connectivity index (χ1) is 7.63. The molecule has 0 spiro atoms. The first-order valence-electron chi connectivity index (χ1n) is 5.93. The van der Waals surface area contributed by atoms with Crippen molar-refractivity contribution >= 4 is 39.0 Å². The number of carbonyl (C=O) groups is 1. The van der Waals surface area contributed by atoms with Gasteiger partial charge in [0.05, 0.1) is 0 Å². The third kappa shape index (κ3) is 2.78. The predicted octanol–water partition coefficient (Wildman–Crippen LogP) is 3.43. The molecule has 0 aromatic heterocycles. The lowest BCUT2D eigenvalue weighted by atomic mass is 9.86. The minimum atomic E-state index is 0.0263. The number of hydrogen-bond donors (Lipinski definition) is 0. The summed E-state index contributed by atoms with van der Waals surface area (Å²) in [5, 5.41) is 0. The molecule has 2 rings (SSSR count). The van der Waals surface area contributed by atoms with E-state index in [1.165, 1.54) is 12.8 Å². The van der Waals surface area contributed by atoms with Crippen LogP contribution in [0.15, 0.2) is 0 Å². The zero-order valence-electron chi connectivity index (χ0n) is 9.72. The third-order valence-electron chi connectivity index (χ3n) is 3.88. The summed E-state index contributed by atoms with van der Waals surface area (Å²) in [5.41, 5.74) is 0.745. The molecule has 2 aliphatic heterocycles. The van der Waals surface area contributed by atoms with E-state index in [4.69, 9.17) is 0 Å². The molecule has 0 aliphatic carbocycles. The number of carbonyl (C=O) groups excluding carboxylic acids is 1. The number of rotatable bonds is 2. The van der Waals surface area contributed by atoms with Crippen LogP contribution in [0.4, 0.5) is 0 Å². The number of piperidine rings is 2. The normalized spacial score (nSPS) is 37.8. The van der Waals surface area contributed by atoms with E-state index in [2.05, 4.69) is 29.7 Å². The second kappa shape index (κ2) is 5.89. The minimum Gasteiger partial charge on any atom is -0.339 e. The van der Waals surface area contributed by atoms with Gasteiger partial charge in [-0.2, -0.15) is 0 Å². The Morgan fingerprint density at radius 2 is 2.31 bits per heavy atom. The van der Waals surface area contributed by atoms with E-state index in [-0.39, 0.29) is 7.30 Å². The molecule has 6 heteroatoms. The summed E-state index contributed by atoms with van der Waals surface area (Å²) in [7, 11) is 6.90. The van der Waals surface area contributed by atoms with Crippen molar-refractivity contribution < 1.29 is 4.79 Å². The maximum atomic E-state index is 11.9. The van der Waals surface area contributed by atoms with Crippen molar-refractivity contribution in [3.05, 3.63) is 0 Å². The third-order valence-corrected chi connectivity index (χ3v) is 15.3. The maximum Gasteiger partial charge on any atom is 0.222 e. The summed E-state index contributed by atoms with van der Waals surface area (Å²) in [6, 6.07) is 0.564. The molecule has 2 heterocycles. The van der Waals surface area contributed by atoms with Crippen LogP contribution in [0.3, 0.4) is 0 Å². The standard InChI is InChI=1S/C10H21NOP4/c1-7-5-8-3-2-4-10(12)11(8)6-9(7)16(14)15-13/h7-9,15H,2-6,13-14H2,1H3/t7-,8?,9-,16?/m0/s1. The summed E-state index contributed by atoms with van der Waals surface area (Å²) in [4.78, 5) is 14.1. The molecule has 2 saturated heterocycles. The Hall–Kier alpha value is 1.19. The first kappa shape index (κ1) is 13.6. The molecule has 0 saturated carbocycles. The molecule has 0 aromatic rings. The average Bonchev–Trinajstić information content (AvgIpc) is 2.28. The lowest BCUT2D eigenvalue weighted by Crippen LogP contribution is -2.52. The molecule has 5 unspecified atom stereocenters. The highest BCUT2D eigenvalue weighted by Crippen LogP contribution is 2.71. The molecule has 2 nitrogen and oxygen atoms in total. The van der Waals surface area contributed by atoms with Gasteiger partial charge in [0, 0.05) is 24.7 Å². The molecule has 16 heavy (non-hydrogen) atoms. The highest BCUT2D eigenvalue weighted by atomic mass is 32.6. The van der Waals surface area contributed by atoms with Gasteiger partial charge < -0.3 is 4.90 Å². The molecule has 2 fully saturated rings. The molecule has 92 valence electrons. The van der Waals surface area contributed by atoms with Crippen LogP contribution < -0.4 is 0 Å². The molecule has 0 N–H and O–H groups in total. The van der Waals surface area contributed by atoms with Crippen LogP contribution in [0.25, 0.3) is 0 Å². The molecule has 7 atom stereocenters. The fourth-order valence-corrected chi connectivity index (χ4v) is 8.60. The van der Waals surface area contributed by atoms with Gasteiger partial charge in [-0.15, -0.1) is 17.9 Å². The zero-order chi connectivity index (χ0) is 11.7. The minimum absolute atomic E-state index is 0.0263. The van der Waals surface area contributed by atoms with Gasteiger partial charge >= 0.3 is 0 Å². The predicted molar refractivity (Wildman–Crippen MR) is 81.6 cm³/mol. The van der Waals surface area contributed by atoms with Crippen LogP contribution >= 0.6 is 33.1 Å². The molecule has 0 radical (unpaired) electrons. The van der Waals surface area contributed by atoms with Gasteiger partial charge in [-0.05, 0) is 25.2 Å². The highest BCUT2D eigenvalue weighted by Gasteiger charge is 2.39. The van der Waals surface area contributed by atoms with Gasteiger partial charge in [0.25, 0.3) is 0 Å². The van der Waals surface area contributed by atoms with Gasteiger partial charge in [0.2, 0.25) is 5.91 Å². The van der Waals surface area contributed by atoms with Crippen LogP contribution in [0.5, 0.6) is 0 Å². The van der Waals surface area contributed by atoms with Gasteiger partial charge in [-0.25, -0.2) is 0 Å². The number of fused-ring (bicyclic) bond motifs is 1. The van der Waals surface area contributed by atoms with Gasteiger partial charge in [0.15, 0.2) is 0 Å². The fraction of sp³-hybridized carbons (Fsp3) is 0.900. The Labute approximate surface area is 106 Å². The van der Waals surface area contributed by atoms with Crippen LogP contribution in [-0.4, -0.2) is 29.1 Å². The van der Waals surface area contributed by atoms with Gasteiger partial charge in [0.1, 0.15) is 0 Å². The largest absolute Gasteiger partial charge is 0.339 e. The van der Waals surface area contributed by atoms with Crippen molar-refractivity contribution in [1.82, 2.24) is 4.90 Å². The van der Waals surface area contributed by atoms with Crippen LogP contribution in [0.2, 0.25) is 0 Å². The molecule has 0 aromatic carbocycles.